The standard InChI is InChI=1S/C37H43N3O5S2/c1-6-45-32-17-15-31(16-18-32)40(47(43,44)34-21-19-33(46-5)20-22-34)26-36(41)39(25-30-14-10-11-28(4)23-30)35(37(42)38-27(2)3)24-29-12-8-7-9-13-29/h7-23,27,35H,6,24-26H2,1-5H3,(H,38,42). The number of anilines is 1. The molecule has 0 saturated heterocycles. The Morgan fingerprint density at radius 2 is 1.53 bits per heavy atom. The van der Waals surface area contributed by atoms with Gasteiger partial charge in [-0.05, 0) is 93.6 Å². The van der Waals surface area contributed by atoms with Gasteiger partial charge in [-0.15, -0.1) is 11.8 Å². The smallest absolute Gasteiger partial charge is 0.264 e. The van der Waals surface area contributed by atoms with Gasteiger partial charge in [0.05, 0.1) is 17.2 Å². The van der Waals surface area contributed by atoms with Gasteiger partial charge >= 0.3 is 0 Å². The maximum Gasteiger partial charge on any atom is 0.264 e. The van der Waals surface area contributed by atoms with Crippen LogP contribution in [0.3, 0.4) is 0 Å². The minimum Gasteiger partial charge on any atom is -0.494 e. The molecule has 1 unspecified atom stereocenters. The largest absolute Gasteiger partial charge is 0.494 e. The van der Waals surface area contributed by atoms with Crippen molar-refractivity contribution in [2.45, 2.75) is 62.5 Å². The number of nitrogens with one attached hydrogen (secondary N) is 1. The van der Waals surface area contributed by atoms with E-state index in [-0.39, 0.29) is 29.8 Å². The minimum absolute atomic E-state index is 0.0561. The molecule has 0 radical (unpaired) electrons. The van der Waals surface area contributed by atoms with Crippen molar-refractivity contribution in [1.29, 1.82) is 0 Å². The van der Waals surface area contributed by atoms with E-state index in [4.69, 9.17) is 4.74 Å². The highest BCUT2D eigenvalue weighted by Crippen LogP contribution is 2.28. The summed E-state index contributed by atoms with van der Waals surface area (Å²) in [5.41, 5.74) is 3.02. The van der Waals surface area contributed by atoms with Gasteiger partial charge in [-0.2, -0.15) is 0 Å². The van der Waals surface area contributed by atoms with Crippen LogP contribution in [0.2, 0.25) is 0 Å². The van der Waals surface area contributed by atoms with Crippen LogP contribution >= 0.6 is 11.8 Å². The van der Waals surface area contributed by atoms with E-state index in [9.17, 15) is 18.0 Å². The minimum atomic E-state index is -4.20. The molecule has 47 heavy (non-hydrogen) atoms. The predicted molar refractivity (Wildman–Crippen MR) is 189 cm³/mol. The lowest BCUT2D eigenvalue weighted by molar-refractivity contribution is -0.140. The highest BCUT2D eigenvalue weighted by molar-refractivity contribution is 7.98. The molecule has 10 heteroatoms. The summed E-state index contributed by atoms with van der Waals surface area (Å²) >= 11 is 1.51. The lowest BCUT2D eigenvalue weighted by Gasteiger charge is -2.34. The third kappa shape index (κ3) is 9.62. The Balaban J connectivity index is 1.81. The monoisotopic (exact) mass is 673 g/mol. The van der Waals surface area contributed by atoms with Gasteiger partial charge in [-0.3, -0.25) is 13.9 Å². The molecule has 0 aliphatic heterocycles. The maximum absolute atomic E-state index is 14.6. The SMILES string of the molecule is CCOc1ccc(N(CC(=O)N(Cc2cccc(C)c2)C(Cc2ccccc2)C(=O)NC(C)C)S(=O)(=O)c2ccc(SC)cc2)cc1. The summed E-state index contributed by atoms with van der Waals surface area (Å²) in [6.45, 7) is 7.61. The summed E-state index contributed by atoms with van der Waals surface area (Å²) in [5.74, 6) is -0.240. The molecule has 0 bridgehead atoms. The molecule has 0 heterocycles. The fourth-order valence-electron chi connectivity index (χ4n) is 5.22. The van der Waals surface area contributed by atoms with Crippen LogP contribution in [0.1, 0.15) is 37.5 Å². The van der Waals surface area contributed by atoms with Gasteiger partial charge in [0, 0.05) is 23.9 Å². The normalized spacial score (nSPS) is 12.0. The number of aryl methyl sites for hydroxylation is 1. The number of thioether (sulfide) groups is 1. The Morgan fingerprint density at radius 3 is 2.13 bits per heavy atom. The fraction of sp³-hybridized carbons (Fsp3) is 0.297. The van der Waals surface area contributed by atoms with E-state index in [0.29, 0.717) is 18.0 Å². The van der Waals surface area contributed by atoms with Gasteiger partial charge in [-0.25, -0.2) is 8.42 Å². The lowest BCUT2D eigenvalue weighted by Crippen LogP contribution is -2.54. The van der Waals surface area contributed by atoms with Crippen LogP contribution in [0.4, 0.5) is 5.69 Å². The number of amides is 2. The van der Waals surface area contributed by atoms with Gasteiger partial charge in [0.25, 0.3) is 10.0 Å². The summed E-state index contributed by atoms with van der Waals surface area (Å²) in [6.07, 6.45) is 2.17. The van der Waals surface area contributed by atoms with Crippen molar-refractivity contribution >= 4 is 39.3 Å². The second kappa shape index (κ2) is 16.5. The summed E-state index contributed by atoms with van der Waals surface area (Å²) in [4.78, 5) is 30.9. The van der Waals surface area contributed by atoms with Gasteiger partial charge in [0.15, 0.2) is 0 Å². The second-order valence-electron chi connectivity index (χ2n) is 11.5. The van der Waals surface area contributed by atoms with E-state index < -0.39 is 28.5 Å². The molecule has 4 aromatic carbocycles. The summed E-state index contributed by atoms with van der Waals surface area (Å²) in [5, 5.41) is 2.99. The van der Waals surface area contributed by atoms with E-state index in [1.165, 1.54) is 16.7 Å². The molecule has 4 aromatic rings. The Morgan fingerprint density at radius 1 is 0.872 bits per heavy atom. The lowest BCUT2D eigenvalue weighted by atomic mass is 10.0. The van der Waals surface area contributed by atoms with Crippen LogP contribution in [0.5, 0.6) is 5.75 Å². The molecule has 2 amide bonds. The zero-order chi connectivity index (χ0) is 34.0. The Bertz CT molecular complexity index is 1730. The number of hydrogen-bond donors (Lipinski definition) is 1. The Labute approximate surface area is 283 Å². The molecule has 248 valence electrons. The molecule has 1 atom stereocenters. The topological polar surface area (TPSA) is 96.0 Å². The number of sulfonamides is 1. The van der Waals surface area contributed by atoms with Crippen LogP contribution < -0.4 is 14.4 Å². The summed E-state index contributed by atoms with van der Waals surface area (Å²) < 4.78 is 35.3. The highest BCUT2D eigenvalue weighted by Gasteiger charge is 2.35. The van der Waals surface area contributed by atoms with Gasteiger partial charge in [0.2, 0.25) is 11.8 Å². The molecule has 0 saturated carbocycles. The zero-order valence-electron chi connectivity index (χ0n) is 27.6. The van der Waals surface area contributed by atoms with E-state index in [0.717, 1.165) is 25.9 Å². The fourth-order valence-corrected chi connectivity index (χ4v) is 7.04. The van der Waals surface area contributed by atoms with Crippen molar-refractivity contribution in [1.82, 2.24) is 10.2 Å². The molecule has 0 aromatic heterocycles. The van der Waals surface area contributed by atoms with Gasteiger partial charge in [0.1, 0.15) is 18.3 Å². The first-order valence-electron chi connectivity index (χ1n) is 15.6. The van der Waals surface area contributed by atoms with E-state index in [1.807, 2.05) is 88.5 Å². The number of nitrogens with zero attached hydrogens (tertiary/aromatic N) is 2. The maximum atomic E-state index is 14.6. The summed E-state index contributed by atoms with van der Waals surface area (Å²) in [6, 6.07) is 29.4. The van der Waals surface area contributed by atoms with Crippen molar-refractivity contribution in [2.75, 3.05) is 23.7 Å². The van der Waals surface area contributed by atoms with E-state index in [1.54, 1.807) is 48.5 Å². The molecular weight excluding hydrogens is 631 g/mol. The van der Waals surface area contributed by atoms with Crippen LogP contribution in [0.25, 0.3) is 0 Å². The molecule has 1 N–H and O–H groups in total. The number of carbonyl (C=O) groups excluding carboxylic acids is 2. The molecule has 4 rings (SSSR count). The number of carbonyl (C=O) groups is 2. The van der Waals surface area contributed by atoms with E-state index in [2.05, 4.69) is 5.32 Å². The van der Waals surface area contributed by atoms with Crippen molar-refractivity contribution < 1.29 is 22.7 Å². The third-order valence-electron chi connectivity index (χ3n) is 7.50. The first-order chi connectivity index (χ1) is 22.5. The third-order valence-corrected chi connectivity index (χ3v) is 10.0. The van der Waals surface area contributed by atoms with Gasteiger partial charge in [-0.1, -0.05) is 60.2 Å². The van der Waals surface area contributed by atoms with Crippen LogP contribution in [0, 0.1) is 6.92 Å². The van der Waals surface area contributed by atoms with Crippen molar-refractivity contribution in [3.05, 3.63) is 120 Å². The van der Waals surface area contributed by atoms with Crippen LogP contribution in [-0.4, -0.2) is 56.6 Å². The van der Waals surface area contributed by atoms with Crippen LogP contribution in [0.15, 0.2) is 113 Å². The molecular formula is C37H43N3O5S2. The average Bonchev–Trinajstić information content (AvgIpc) is 3.06. The number of benzene rings is 4. The molecule has 8 nitrogen and oxygen atoms in total. The first-order valence-corrected chi connectivity index (χ1v) is 18.3. The quantitative estimate of drug-likeness (QED) is 0.145. The average molecular weight is 674 g/mol. The number of ether oxygens (including phenoxy) is 1. The van der Waals surface area contributed by atoms with E-state index >= 15 is 0 Å². The number of rotatable bonds is 15. The summed E-state index contributed by atoms with van der Waals surface area (Å²) in [7, 11) is -4.20. The molecule has 0 aliphatic rings. The zero-order valence-corrected chi connectivity index (χ0v) is 29.2. The molecule has 0 aliphatic carbocycles. The molecule has 0 fully saturated rings. The molecule has 0 spiro atoms. The van der Waals surface area contributed by atoms with Crippen LogP contribution in [-0.2, 0) is 32.6 Å². The Hall–Kier alpha value is -4.28. The van der Waals surface area contributed by atoms with Crippen molar-refractivity contribution in [3.8, 4) is 5.75 Å². The predicted octanol–water partition coefficient (Wildman–Crippen LogP) is 6.48. The number of hydrogen-bond acceptors (Lipinski definition) is 6. The van der Waals surface area contributed by atoms with Gasteiger partial charge < -0.3 is 15.0 Å². The first kappa shape index (κ1) is 35.6. The Kier molecular flexibility index (Phi) is 12.5. The van der Waals surface area contributed by atoms with Crippen molar-refractivity contribution in [3.63, 3.8) is 0 Å². The highest BCUT2D eigenvalue weighted by atomic mass is 32.2. The van der Waals surface area contributed by atoms with Crippen molar-refractivity contribution in [2.24, 2.45) is 0 Å². The second-order valence-corrected chi connectivity index (χ2v) is 14.2.